The van der Waals surface area contributed by atoms with Gasteiger partial charge in [-0.15, -0.1) is 0 Å². The highest BCUT2D eigenvalue weighted by Crippen LogP contribution is 2.25. The SMILES string of the molecule is Cc1ccc(S(=O)(=O)OCCC2CCN(C(=O)[C@@H](O)C(C)(C)C)CC2)cc1. The average Bonchev–Trinajstić information content (AvgIpc) is 2.60. The third-order valence-electron chi connectivity index (χ3n) is 5.05. The first-order valence-electron chi connectivity index (χ1n) is 9.43. The summed E-state index contributed by atoms with van der Waals surface area (Å²) in [6.45, 7) is 8.73. The number of benzene rings is 1. The maximum atomic E-state index is 12.3. The van der Waals surface area contributed by atoms with Crippen LogP contribution in [0.3, 0.4) is 0 Å². The first-order chi connectivity index (χ1) is 12.5. The molecule has 6 nitrogen and oxygen atoms in total. The van der Waals surface area contributed by atoms with Crippen LogP contribution in [0.5, 0.6) is 0 Å². The molecule has 7 heteroatoms. The molecule has 1 fully saturated rings. The molecule has 1 aromatic carbocycles. The van der Waals surface area contributed by atoms with Crippen LogP contribution in [0, 0.1) is 18.3 Å². The molecule has 0 spiro atoms. The van der Waals surface area contributed by atoms with Crippen LogP contribution < -0.4 is 0 Å². The molecule has 27 heavy (non-hydrogen) atoms. The summed E-state index contributed by atoms with van der Waals surface area (Å²) in [7, 11) is -3.73. The number of nitrogens with zero attached hydrogens (tertiary/aromatic N) is 1. The molecule has 2 rings (SSSR count). The van der Waals surface area contributed by atoms with Gasteiger partial charge in [0.1, 0.15) is 6.10 Å². The van der Waals surface area contributed by atoms with E-state index in [0.717, 1.165) is 18.4 Å². The topological polar surface area (TPSA) is 83.9 Å². The van der Waals surface area contributed by atoms with E-state index in [2.05, 4.69) is 0 Å². The van der Waals surface area contributed by atoms with Gasteiger partial charge in [0.2, 0.25) is 0 Å². The van der Waals surface area contributed by atoms with Crippen molar-refractivity contribution in [3.8, 4) is 0 Å². The van der Waals surface area contributed by atoms with E-state index in [1.165, 1.54) is 0 Å². The molecule has 1 heterocycles. The number of hydrogen-bond acceptors (Lipinski definition) is 5. The molecule has 0 saturated carbocycles. The van der Waals surface area contributed by atoms with Gasteiger partial charge in [-0.05, 0) is 49.7 Å². The fourth-order valence-corrected chi connectivity index (χ4v) is 4.00. The smallest absolute Gasteiger partial charge is 0.296 e. The van der Waals surface area contributed by atoms with E-state index in [1.54, 1.807) is 29.2 Å². The lowest BCUT2D eigenvalue weighted by Gasteiger charge is -2.36. The average molecular weight is 398 g/mol. The van der Waals surface area contributed by atoms with Crippen molar-refractivity contribution < 1.29 is 22.5 Å². The fraction of sp³-hybridized carbons (Fsp3) is 0.650. The van der Waals surface area contributed by atoms with Crippen molar-refractivity contribution in [2.24, 2.45) is 11.3 Å². The number of amides is 1. The van der Waals surface area contributed by atoms with E-state index in [0.29, 0.717) is 25.4 Å². The Kier molecular flexibility index (Phi) is 7.05. The molecule has 1 aliphatic heterocycles. The van der Waals surface area contributed by atoms with Gasteiger partial charge in [-0.2, -0.15) is 8.42 Å². The summed E-state index contributed by atoms with van der Waals surface area (Å²) >= 11 is 0. The monoisotopic (exact) mass is 397 g/mol. The van der Waals surface area contributed by atoms with Crippen molar-refractivity contribution in [3.63, 3.8) is 0 Å². The predicted molar refractivity (Wildman–Crippen MR) is 104 cm³/mol. The summed E-state index contributed by atoms with van der Waals surface area (Å²) in [5, 5.41) is 10.2. The minimum absolute atomic E-state index is 0.138. The van der Waals surface area contributed by atoms with Gasteiger partial charge in [0.15, 0.2) is 0 Å². The number of rotatable bonds is 6. The van der Waals surface area contributed by atoms with Crippen LogP contribution in [-0.2, 0) is 19.1 Å². The standard InChI is InChI=1S/C20H31NO5S/c1-15-5-7-17(8-6-15)27(24,25)26-14-11-16-9-12-21(13-10-16)19(23)18(22)20(2,3)4/h5-8,16,18,22H,9-14H2,1-4H3/t18-/m1/s1. The summed E-state index contributed by atoms with van der Waals surface area (Å²) in [4.78, 5) is 14.2. The van der Waals surface area contributed by atoms with Crippen molar-refractivity contribution in [1.29, 1.82) is 0 Å². The van der Waals surface area contributed by atoms with E-state index in [1.807, 2.05) is 27.7 Å². The van der Waals surface area contributed by atoms with Crippen LogP contribution >= 0.6 is 0 Å². The molecule has 0 bridgehead atoms. The zero-order valence-electron chi connectivity index (χ0n) is 16.6. The van der Waals surface area contributed by atoms with Crippen LogP contribution in [0.4, 0.5) is 0 Å². The van der Waals surface area contributed by atoms with Gasteiger partial charge in [0.25, 0.3) is 16.0 Å². The molecule has 1 N–H and O–H groups in total. The normalized spacial score (nSPS) is 17.7. The Morgan fingerprint density at radius 3 is 2.30 bits per heavy atom. The molecule has 1 aliphatic rings. The number of likely N-dealkylation sites (tertiary alicyclic amines) is 1. The lowest BCUT2D eigenvalue weighted by Crippen LogP contribution is -2.48. The molecule has 1 amide bonds. The van der Waals surface area contributed by atoms with E-state index in [4.69, 9.17) is 4.18 Å². The minimum Gasteiger partial charge on any atom is -0.383 e. The van der Waals surface area contributed by atoms with Gasteiger partial charge in [-0.25, -0.2) is 0 Å². The Morgan fingerprint density at radius 2 is 1.78 bits per heavy atom. The molecule has 0 unspecified atom stereocenters. The van der Waals surface area contributed by atoms with E-state index < -0.39 is 21.6 Å². The third-order valence-corrected chi connectivity index (χ3v) is 6.38. The highest BCUT2D eigenvalue weighted by molar-refractivity contribution is 7.86. The number of aliphatic hydroxyl groups excluding tert-OH is 1. The largest absolute Gasteiger partial charge is 0.383 e. The molecule has 1 atom stereocenters. The lowest BCUT2D eigenvalue weighted by atomic mass is 9.87. The summed E-state index contributed by atoms with van der Waals surface area (Å²) in [6, 6.07) is 6.59. The number of piperidine rings is 1. The summed E-state index contributed by atoms with van der Waals surface area (Å²) in [5.74, 6) is 0.0909. The van der Waals surface area contributed by atoms with Crippen LogP contribution in [0.15, 0.2) is 29.2 Å². The first-order valence-corrected chi connectivity index (χ1v) is 10.8. The van der Waals surface area contributed by atoms with Crippen LogP contribution in [-0.4, -0.2) is 50.1 Å². The minimum atomic E-state index is -3.73. The fourth-order valence-electron chi connectivity index (χ4n) is 3.08. The van der Waals surface area contributed by atoms with Gasteiger partial charge in [-0.1, -0.05) is 38.5 Å². The van der Waals surface area contributed by atoms with Gasteiger partial charge < -0.3 is 10.0 Å². The Balaban J connectivity index is 1.78. The lowest BCUT2D eigenvalue weighted by molar-refractivity contribution is -0.147. The molecular weight excluding hydrogens is 366 g/mol. The molecule has 0 aromatic heterocycles. The van der Waals surface area contributed by atoms with Crippen molar-refractivity contribution in [1.82, 2.24) is 4.90 Å². The number of aliphatic hydroxyl groups is 1. The van der Waals surface area contributed by atoms with Gasteiger partial charge in [-0.3, -0.25) is 8.98 Å². The molecule has 0 aliphatic carbocycles. The molecular formula is C20H31NO5S. The van der Waals surface area contributed by atoms with Crippen molar-refractivity contribution >= 4 is 16.0 Å². The second-order valence-corrected chi connectivity index (χ2v) is 10.0. The Bertz CT molecular complexity index is 729. The summed E-state index contributed by atoms with van der Waals surface area (Å²) < 4.78 is 29.6. The Hall–Kier alpha value is -1.44. The van der Waals surface area contributed by atoms with Crippen molar-refractivity contribution in [2.45, 2.75) is 58.0 Å². The van der Waals surface area contributed by atoms with Gasteiger partial charge in [0.05, 0.1) is 11.5 Å². The number of carbonyl (C=O) groups is 1. The first kappa shape index (κ1) is 21.9. The van der Waals surface area contributed by atoms with Crippen LogP contribution in [0.1, 0.15) is 45.6 Å². The van der Waals surface area contributed by atoms with Crippen molar-refractivity contribution in [3.05, 3.63) is 29.8 Å². The van der Waals surface area contributed by atoms with Crippen LogP contribution in [0.25, 0.3) is 0 Å². The van der Waals surface area contributed by atoms with Gasteiger partial charge >= 0.3 is 0 Å². The number of carbonyl (C=O) groups excluding carboxylic acids is 1. The maximum absolute atomic E-state index is 12.3. The third kappa shape index (κ3) is 6.02. The van der Waals surface area contributed by atoms with E-state index in [-0.39, 0.29) is 17.4 Å². The Labute approximate surface area is 162 Å². The summed E-state index contributed by atoms with van der Waals surface area (Å²) in [6.07, 6.45) is 1.21. The zero-order valence-corrected chi connectivity index (χ0v) is 17.5. The number of hydrogen-bond donors (Lipinski definition) is 1. The molecule has 0 radical (unpaired) electrons. The van der Waals surface area contributed by atoms with E-state index >= 15 is 0 Å². The molecule has 152 valence electrons. The van der Waals surface area contributed by atoms with E-state index in [9.17, 15) is 18.3 Å². The number of aryl methyl sites for hydroxylation is 1. The quantitative estimate of drug-likeness (QED) is 0.746. The highest BCUT2D eigenvalue weighted by atomic mass is 32.2. The Morgan fingerprint density at radius 1 is 1.22 bits per heavy atom. The second-order valence-electron chi connectivity index (χ2n) is 8.42. The van der Waals surface area contributed by atoms with Gasteiger partial charge in [0, 0.05) is 13.1 Å². The predicted octanol–water partition coefficient (Wildman–Crippen LogP) is 2.74. The highest BCUT2D eigenvalue weighted by Gasteiger charge is 2.34. The zero-order chi connectivity index (χ0) is 20.2. The second kappa shape index (κ2) is 8.71. The molecule has 1 saturated heterocycles. The van der Waals surface area contributed by atoms with Crippen LogP contribution in [0.2, 0.25) is 0 Å². The summed E-state index contributed by atoms with van der Waals surface area (Å²) in [5.41, 5.74) is 0.512. The van der Waals surface area contributed by atoms with Crippen molar-refractivity contribution in [2.75, 3.05) is 19.7 Å². The molecule has 1 aromatic rings. The maximum Gasteiger partial charge on any atom is 0.296 e.